The van der Waals surface area contributed by atoms with Gasteiger partial charge in [-0.1, -0.05) is 0 Å². The number of hydrogen-bond acceptors (Lipinski definition) is 4. The zero-order valence-corrected chi connectivity index (χ0v) is 7.73. The van der Waals surface area contributed by atoms with Gasteiger partial charge in [-0.15, -0.1) is 0 Å². The van der Waals surface area contributed by atoms with E-state index in [2.05, 4.69) is 5.10 Å². The van der Waals surface area contributed by atoms with E-state index < -0.39 is 0 Å². The summed E-state index contributed by atoms with van der Waals surface area (Å²) < 4.78 is 6.37. The fourth-order valence-electron chi connectivity index (χ4n) is 0.898. The lowest BCUT2D eigenvalue weighted by Gasteiger charge is -2.07. The van der Waals surface area contributed by atoms with Crippen molar-refractivity contribution in [3.63, 3.8) is 0 Å². The highest BCUT2D eigenvalue weighted by atomic mass is 16.5. The first-order chi connectivity index (χ1) is 6.08. The summed E-state index contributed by atoms with van der Waals surface area (Å²) in [7, 11) is 0. The van der Waals surface area contributed by atoms with Crippen molar-refractivity contribution in [1.29, 1.82) is 0 Å². The summed E-state index contributed by atoms with van der Waals surface area (Å²) in [6, 6.07) is 0. The van der Waals surface area contributed by atoms with Crippen molar-refractivity contribution in [2.45, 2.75) is 26.5 Å². The highest BCUT2D eigenvalue weighted by molar-refractivity contribution is 5.69. The quantitative estimate of drug-likeness (QED) is 0.689. The standard InChI is InChI=1S/C8H13N3O2/c1-6(2)13-8(12)5-11-4-7(9)3-10-11/h3-4,6H,5,9H2,1-2H3. The number of carbonyl (C=O) groups is 1. The number of carbonyl (C=O) groups excluding carboxylic acids is 1. The maximum Gasteiger partial charge on any atom is 0.328 e. The van der Waals surface area contributed by atoms with E-state index in [4.69, 9.17) is 10.5 Å². The van der Waals surface area contributed by atoms with E-state index in [-0.39, 0.29) is 18.6 Å². The molecular weight excluding hydrogens is 170 g/mol. The minimum Gasteiger partial charge on any atom is -0.462 e. The third-order valence-electron chi connectivity index (χ3n) is 1.31. The molecule has 0 bridgehead atoms. The maximum atomic E-state index is 11.1. The molecule has 1 rings (SSSR count). The summed E-state index contributed by atoms with van der Waals surface area (Å²) in [5, 5.41) is 3.85. The number of esters is 1. The van der Waals surface area contributed by atoms with Crippen LogP contribution >= 0.6 is 0 Å². The van der Waals surface area contributed by atoms with Gasteiger partial charge in [0.25, 0.3) is 0 Å². The molecule has 2 N–H and O–H groups in total. The second-order valence-electron chi connectivity index (χ2n) is 3.01. The first kappa shape index (κ1) is 9.57. The lowest BCUT2D eigenvalue weighted by atomic mass is 10.5. The van der Waals surface area contributed by atoms with Crippen LogP contribution in [0.2, 0.25) is 0 Å². The van der Waals surface area contributed by atoms with Crippen molar-refractivity contribution < 1.29 is 9.53 Å². The SMILES string of the molecule is CC(C)OC(=O)Cn1cc(N)cn1. The first-order valence-electron chi connectivity index (χ1n) is 4.05. The van der Waals surface area contributed by atoms with Crippen LogP contribution in [0.1, 0.15) is 13.8 Å². The van der Waals surface area contributed by atoms with Crippen LogP contribution in [0.4, 0.5) is 5.69 Å². The Bertz CT molecular complexity index is 293. The van der Waals surface area contributed by atoms with Crippen LogP contribution in [0, 0.1) is 0 Å². The molecule has 0 saturated heterocycles. The summed E-state index contributed by atoms with van der Waals surface area (Å²) >= 11 is 0. The van der Waals surface area contributed by atoms with Crippen LogP contribution in [0.25, 0.3) is 0 Å². The molecule has 0 fully saturated rings. The molecule has 0 spiro atoms. The van der Waals surface area contributed by atoms with Gasteiger partial charge in [0.05, 0.1) is 18.0 Å². The summed E-state index contributed by atoms with van der Waals surface area (Å²) in [6.07, 6.45) is 2.98. The minimum absolute atomic E-state index is 0.0968. The monoisotopic (exact) mass is 183 g/mol. The number of nitrogens with two attached hydrogens (primary N) is 1. The zero-order valence-electron chi connectivity index (χ0n) is 7.73. The molecule has 0 saturated carbocycles. The van der Waals surface area contributed by atoms with Crippen LogP contribution in [0.15, 0.2) is 12.4 Å². The summed E-state index contributed by atoms with van der Waals surface area (Å²) in [4.78, 5) is 11.1. The summed E-state index contributed by atoms with van der Waals surface area (Å²) in [5.74, 6) is -0.307. The number of aromatic nitrogens is 2. The van der Waals surface area contributed by atoms with Crippen molar-refractivity contribution in [1.82, 2.24) is 9.78 Å². The van der Waals surface area contributed by atoms with Gasteiger partial charge in [-0.25, -0.2) is 0 Å². The highest BCUT2D eigenvalue weighted by Crippen LogP contribution is 1.98. The van der Waals surface area contributed by atoms with Gasteiger partial charge < -0.3 is 10.5 Å². The van der Waals surface area contributed by atoms with E-state index >= 15 is 0 Å². The van der Waals surface area contributed by atoms with Crippen LogP contribution in [-0.2, 0) is 16.1 Å². The molecule has 0 aromatic carbocycles. The molecule has 1 aromatic heterocycles. The number of hydrogen-bond donors (Lipinski definition) is 1. The maximum absolute atomic E-state index is 11.1. The number of anilines is 1. The van der Waals surface area contributed by atoms with Gasteiger partial charge in [-0.05, 0) is 13.8 Å². The number of ether oxygens (including phenoxy) is 1. The molecule has 5 heteroatoms. The second kappa shape index (κ2) is 3.93. The van der Waals surface area contributed by atoms with E-state index in [0.29, 0.717) is 5.69 Å². The normalized spacial score (nSPS) is 10.4. The van der Waals surface area contributed by atoms with E-state index in [0.717, 1.165) is 0 Å². The molecule has 1 heterocycles. The number of rotatable bonds is 3. The van der Waals surface area contributed by atoms with E-state index in [9.17, 15) is 4.79 Å². The zero-order chi connectivity index (χ0) is 9.84. The molecule has 1 aromatic rings. The molecule has 0 atom stereocenters. The predicted octanol–water partition coefficient (Wildman–Crippen LogP) is 0.417. The van der Waals surface area contributed by atoms with E-state index in [1.54, 1.807) is 20.0 Å². The Morgan fingerprint density at radius 1 is 1.77 bits per heavy atom. The molecule has 0 aliphatic carbocycles. The molecule has 0 aliphatic heterocycles. The first-order valence-corrected chi connectivity index (χ1v) is 4.05. The Morgan fingerprint density at radius 3 is 2.92 bits per heavy atom. The Labute approximate surface area is 76.5 Å². The molecule has 0 unspecified atom stereocenters. The Balaban J connectivity index is 2.45. The van der Waals surface area contributed by atoms with Crippen molar-refractivity contribution in [3.8, 4) is 0 Å². The minimum atomic E-state index is -0.307. The van der Waals surface area contributed by atoms with Gasteiger partial charge in [-0.3, -0.25) is 9.48 Å². The highest BCUT2D eigenvalue weighted by Gasteiger charge is 2.06. The van der Waals surface area contributed by atoms with Crippen molar-refractivity contribution in [2.24, 2.45) is 0 Å². The Kier molecular flexibility index (Phi) is 2.89. The van der Waals surface area contributed by atoms with Gasteiger partial charge in [0, 0.05) is 6.20 Å². The number of nitrogen functional groups attached to an aromatic ring is 1. The smallest absolute Gasteiger partial charge is 0.328 e. The van der Waals surface area contributed by atoms with Gasteiger partial charge in [0.2, 0.25) is 0 Å². The van der Waals surface area contributed by atoms with Gasteiger partial charge in [-0.2, -0.15) is 5.10 Å². The Hall–Kier alpha value is -1.52. The fraction of sp³-hybridized carbons (Fsp3) is 0.500. The fourth-order valence-corrected chi connectivity index (χ4v) is 0.898. The van der Waals surface area contributed by atoms with Gasteiger partial charge >= 0.3 is 5.97 Å². The third-order valence-corrected chi connectivity index (χ3v) is 1.31. The molecule has 72 valence electrons. The van der Waals surface area contributed by atoms with Crippen LogP contribution in [0.3, 0.4) is 0 Å². The molecular formula is C8H13N3O2. The lowest BCUT2D eigenvalue weighted by molar-refractivity contribution is -0.148. The molecule has 0 amide bonds. The largest absolute Gasteiger partial charge is 0.462 e. The van der Waals surface area contributed by atoms with E-state index in [1.165, 1.54) is 10.9 Å². The average Bonchev–Trinajstić information content (AvgIpc) is 2.33. The topological polar surface area (TPSA) is 70.1 Å². The third kappa shape index (κ3) is 3.14. The molecule has 0 radical (unpaired) electrons. The summed E-state index contributed by atoms with van der Waals surface area (Å²) in [6.45, 7) is 3.71. The molecule has 5 nitrogen and oxygen atoms in total. The van der Waals surface area contributed by atoms with Crippen molar-refractivity contribution in [2.75, 3.05) is 5.73 Å². The van der Waals surface area contributed by atoms with E-state index in [1.807, 2.05) is 0 Å². The van der Waals surface area contributed by atoms with Gasteiger partial charge in [0.1, 0.15) is 6.54 Å². The Morgan fingerprint density at radius 2 is 2.46 bits per heavy atom. The lowest BCUT2D eigenvalue weighted by Crippen LogP contribution is -2.17. The van der Waals surface area contributed by atoms with Crippen molar-refractivity contribution >= 4 is 11.7 Å². The van der Waals surface area contributed by atoms with Crippen LogP contribution in [-0.4, -0.2) is 21.9 Å². The number of nitrogens with zero attached hydrogens (tertiary/aromatic N) is 2. The van der Waals surface area contributed by atoms with Crippen molar-refractivity contribution in [3.05, 3.63) is 12.4 Å². The molecule has 13 heavy (non-hydrogen) atoms. The average molecular weight is 183 g/mol. The second-order valence-corrected chi connectivity index (χ2v) is 3.01. The molecule has 0 aliphatic rings. The van der Waals surface area contributed by atoms with Crippen LogP contribution in [0.5, 0.6) is 0 Å². The van der Waals surface area contributed by atoms with Gasteiger partial charge in [0.15, 0.2) is 0 Å². The predicted molar refractivity (Wildman–Crippen MR) is 47.9 cm³/mol. The van der Waals surface area contributed by atoms with Crippen LogP contribution < -0.4 is 5.73 Å². The summed E-state index contributed by atoms with van der Waals surface area (Å²) in [5.41, 5.74) is 5.96.